The molecule has 2 aliphatic rings. The van der Waals surface area contributed by atoms with E-state index in [1.165, 1.54) is 16.7 Å². The van der Waals surface area contributed by atoms with Gasteiger partial charge in [0.15, 0.2) is 6.04 Å². The van der Waals surface area contributed by atoms with Crippen molar-refractivity contribution in [1.82, 2.24) is 15.1 Å². The molecule has 2 heterocycles. The number of thioether (sulfide) groups is 1. The molecule has 0 saturated carbocycles. The second kappa shape index (κ2) is 11.0. The maximum absolute atomic E-state index is 13.2. The summed E-state index contributed by atoms with van der Waals surface area (Å²) >= 11 is 1.60. The topological polar surface area (TPSA) is 153 Å². The van der Waals surface area contributed by atoms with Crippen LogP contribution in [0.1, 0.15) is 39.0 Å². The van der Waals surface area contributed by atoms with Gasteiger partial charge in [-0.2, -0.15) is 11.8 Å². The van der Waals surface area contributed by atoms with Gasteiger partial charge in [-0.05, 0) is 51.0 Å². The number of carbonyl (C=O) groups excluding carboxylic acids is 3. The van der Waals surface area contributed by atoms with Crippen LogP contribution >= 0.6 is 11.8 Å². The standard InChI is InChI=1S/C19H32N4O6S/c1-11(24)15(19(28)29)21-16(25)13-5-3-8-22(13)18(27)14-6-4-9-23(14)17(26)12(20)7-10-30-2/h11-15,24H,3-10,20H2,1-2H3,(H,21,25)(H,28,29). The zero-order valence-electron chi connectivity index (χ0n) is 17.5. The second-order valence-electron chi connectivity index (χ2n) is 7.83. The molecule has 3 amide bonds. The number of carboxylic acid groups (broad SMARTS) is 1. The largest absolute Gasteiger partial charge is 0.480 e. The first-order valence-electron chi connectivity index (χ1n) is 10.3. The Labute approximate surface area is 180 Å². The number of likely N-dealkylation sites (tertiary alicyclic amines) is 2. The third-order valence-electron chi connectivity index (χ3n) is 5.66. The quantitative estimate of drug-likeness (QED) is 0.353. The Hall–Kier alpha value is -1.85. The molecule has 2 saturated heterocycles. The SMILES string of the molecule is CSCCC(N)C(=O)N1CCCC1C(=O)N1CCCC1C(=O)NC(C(=O)O)C(C)O. The Morgan fingerprint density at radius 2 is 1.73 bits per heavy atom. The molecule has 5 N–H and O–H groups in total. The van der Waals surface area contributed by atoms with Gasteiger partial charge in [0.05, 0.1) is 12.1 Å². The molecule has 170 valence electrons. The molecule has 0 aliphatic carbocycles. The van der Waals surface area contributed by atoms with E-state index in [0.29, 0.717) is 45.2 Å². The van der Waals surface area contributed by atoms with Crippen molar-refractivity contribution < 1.29 is 29.4 Å². The van der Waals surface area contributed by atoms with Crippen LogP contribution in [0.5, 0.6) is 0 Å². The minimum absolute atomic E-state index is 0.250. The third kappa shape index (κ3) is 5.64. The normalized spacial score (nSPS) is 24.4. The minimum Gasteiger partial charge on any atom is -0.480 e. The van der Waals surface area contributed by atoms with Gasteiger partial charge in [-0.1, -0.05) is 0 Å². The van der Waals surface area contributed by atoms with Gasteiger partial charge in [-0.3, -0.25) is 14.4 Å². The Morgan fingerprint density at radius 1 is 1.13 bits per heavy atom. The highest BCUT2D eigenvalue weighted by Crippen LogP contribution is 2.26. The van der Waals surface area contributed by atoms with E-state index in [-0.39, 0.29) is 11.8 Å². The number of aliphatic hydroxyl groups excluding tert-OH is 1. The molecular weight excluding hydrogens is 412 g/mol. The number of aliphatic hydroxyl groups is 1. The van der Waals surface area contributed by atoms with Gasteiger partial charge in [0.25, 0.3) is 0 Å². The Balaban J connectivity index is 2.07. The highest BCUT2D eigenvalue weighted by molar-refractivity contribution is 7.98. The number of rotatable bonds is 9. The highest BCUT2D eigenvalue weighted by Gasteiger charge is 2.43. The van der Waals surface area contributed by atoms with Crippen molar-refractivity contribution in [2.75, 3.05) is 25.1 Å². The molecule has 5 atom stereocenters. The van der Waals surface area contributed by atoms with Crippen LogP contribution < -0.4 is 11.1 Å². The van der Waals surface area contributed by atoms with Crippen LogP contribution in [-0.4, -0.2) is 99.1 Å². The molecular formula is C19H32N4O6S. The molecule has 30 heavy (non-hydrogen) atoms. The second-order valence-corrected chi connectivity index (χ2v) is 8.82. The van der Waals surface area contributed by atoms with Crippen LogP contribution in [0.2, 0.25) is 0 Å². The molecule has 5 unspecified atom stereocenters. The fraction of sp³-hybridized carbons (Fsp3) is 0.789. The molecule has 2 rings (SSSR count). The van der Waals surface area contributed by atoms with Crippen LogP contribution in [0.4, 0.5) is 0 Å². The van der Waals surface area contributed by atoms with Crippen molar-refractivity contribution in [2.24, 2.45) is 5.73 Å². The van der Waals surface area contributed by atoms with Gasteiger partial charge in [-0.25, -0.2) is 4.79 Å². The number of hydrogen-bond acceptors (Lipinski definition) is 7. The summed E-state index contributed by atoms with van der Waals surface area (Å²) in [5.41, 5.74) is 6.01. The van der Waals surface area contributed by atoms with Crippen molar-refractivity contribution in [1.29, 1.82) is 0 Å². The summed E-state index contributed by atoms with van der Waals surface area (Å²) in [4.78, 5) is 52.8. The Morgan fingerprint density at radius 3 is 2.30 bits per heavy atom. The van der Waals surface area contributed by atoms with E-state index < -0.39 is 42.1 Å². The summed E-state index contributed by atoms with van der Waals surface area (Å²) in [6, 6.07) is -3.58. The number of hydrogen-bond donors (Lipinski definition) is 4. The predicted octanol–water partition coefficient (Wildman–Crippen LogP) is -1.00. The summed E-state index contributed by atoms with van der Waals surface area (Å²) in [5, 5.41) is 21.1. The summed E-state index contributed by atoms with van der Waals surface area (Å²) in [6.45, 7) is 2.09. The van der Waals surface area contributed by atoms with E-state index in [1.807, 2.05) is 6.26 Å². The zero-order valence-corrected chi connectivity index (χ0v) is 18.3. The van der Waals surface area contributed by atoms with Gasteiger partial charge in [0.1, 0.15) is 12.1 Å². The smallest absolute Gasteiger partial charge is 0.328 e. The van der Waals surface area contributed by atoms with E-state index in [0.717, 1.165) is 5.75 Å². The van der Waals surface area contributed by atoms with Gasteiger partial charge in [0, 0.05) is 13.1 Å². The fourth-order valence-electron chi connectivity index (χ4n) is 4.00. The van der Waals surface area contributed by atoms with Gasteiger partial charge in [0.2, 0.25) is 17.7 Å². The van der Waals surface area contributed by atoms with Gasteiger partial charge < -0.3 is 31.1 Å². The first-order chi connectivity index (χ1) is 14.2. The van der Waals surface area contributed by atoms with Crippen LogP contribution in [0.3, 0.4) is 0 Å². The molecule has 0 aromatic heterocycles. The van der Waals surface area contributed by atoms with Crippen molar-refractivity contribution >= 4 is 35.5 Å². The number of carbonyl (C=O) groups is 4. The maximum atomic E-state index is 13.2. The minimum atomic E-state index is -1.45. The molecule has 0 spiro atoms. The molecule has 0 radical (unpaired) electrons. The molecule has 0 bridgehead atoms. The summed E-state index contributed by atoms with van der Waals surface area (Å²) in [5.74, 6) is -1.76. The fourth-order valence-corrected chi connectivity index (χ4v) is 4.49. The molecule has 0 aromatic carbocycles. The lowest BCUT2D eigenvalue weighted by atomic mass is 10.1. The molecule has 0 aromatic rings. The Bertz CT molecular complexity index is 661. The molecule has 2 aliphatic heterocycles. The average molecular weight is 445 g/mol. The predicted molar refractivity (Wildman–Crippen MR) is 112 cm³/mol. The zero-order chi connectivity index (χ0) is 22.4. The van der Waals surface area contributed by atoms with Crippen LogP contribution in [0.15, 0.2) is 0 Å². The molecule has 10 nitrogen and oxygen atoms in total. The van der Waals surface area contributed by atoms with Crippen molar-refractivity contribution in [3.8, 4) is 0 Å². The first kappa shape index (κ1) is 24.4. The lowest BCUT2D eigenvalue weighted by Crippen LogP contribution is -2.57. The van der Waals surface area contributed by atoms with E-state index >= 15 is 0 Å². The van der Waals surface area contributed by atoms with Gasteiger partial charge >= 0.3 is 5.97 Å². The van der Waals surface area contributed by atoms with Crippen LogP contribution in [0.25, 0.3) is 0 Å². The van der Waals surface area contributed by atoms with Crippen molar-refractivity contribution in [3.63, 3.8) is 0 Å². The van der Waals surface area contributed by atoms with Crippen LogP contribution in [0, 0.1) is 0 Å². The van der Waals surface area contributed by atoms with E-state index in [9.17, 15) is 29.4 Å². The number of nitrogens with zero attached hydrogens (tertiary/aromatic N) is 2. The number of nitrogens with two attached hydrogens (primary N) is 1. The number of carboxylic acids is 1. The first-order valence-corrected chi connectivity index (χ1v) is 11.6. The summed E-state index contributed by atoms with van der Waals surface area (Å²) < 4.78 is 0. The molecule has 2 fully saturated rings. The Kier molecular flexibility index (Phi) is 8.92. The van der Waals surface area contributed by atoms with Crippen LogP contribution in [-0.2, 0) is 19.2 Å². The summed E-state index contributed by atoms with van der Waals surface area (Å²) in [6.07, 6.45) is 3.39. The monoisotopic (exact) mass is 444 g/mol. The lowest BCUT2D eigenvalue weighted by Gasteiger charge is -2.32. The van der Waals surface area contributed by atoms with Gasteiger partial charge in [-0.15, -0.1) is 0 Å². The van der Waals surface area contributed by atoms with Crippen molar-refractivity contribution in [2.45, 2.75) is 69.3 Å². The molecule has 11 heteroatoms. The summed E-state index contributed by atoms with van der Waals surface area (Å²) in [7, 11) is 0. The average Bonchev–Trinajstić information content (AvgIpc) is 3.37. The maximum Gasteiger partial charge on any atom is 0.328 e. The van der Waals surface area contributed by atoms with E-state index in [2.05, 4.69) is 5.32 Å². The van der Waals surface area contributed by atoms with E-state index in [4.69, 9.17) is 5.73 Å². The number of amides is 3. The lowest BCUT2D eigenvalue weighted by molar-refractivity contribution is -0.149. The highest BCUT2D eigenvalue weighted by atomic mass is 32.2. The number of nitrogens with one attached hydrogen (secondary N) is 1. The third-order valence-corrected chi connectivity index (χ3v) is 6.30. The number of aliphatic carboxylic acids is 1. The van der Waals surface area contributed by atoms with E-state index in [1.54, 1.807) is 11.8 Å². The van der Waals surface area contributed by atoms with Crippen molar-refractivity contribution in [3.05, 3.63) is 0 Å².